The van der Waals surface area contributed by atoms with Crippen LogP contribution < -0.4 is 15.3 Å². The summed E-state index contributed by atoms with van der Waals surface area (Å²) in [5.74, 6) is 0.0903. The third-order valence-corrected chi connectivity index (χ3v) is 8.53. The number of anilines is 1. The van der Waals surface area contributed by atoms with Gasteiger partial charge in [-0.3, -0.25) is 14.0 Å². The minimum Gasteiger partial charge on any atom is -0.494 e. The monoisotopic (exact) mass is 598 g/mol. The van der Waals surface area contributed by atoms with Gasteiger partial charge >= 0.3 is 11.9 Å². The van der Waals surface area contributed by atoms with Crippen molar-refractivity contribution in [1.29, 1.82) is 0 Å². The Bertz CT molecular complexity index is 1660. The van der Waals surface area contributed by atoms with Gasteiger partial charge in [0.2, 0.25) is 0 Å². The van der Waals surface area contributed by atoms with E-state index in [4.69, 9.17) is 9.47 Å². The second-order valence-corrected chi connectivity index (χ2v) is 11.1. The summed E-state index contributed by atoms with van der Waals surface area (Å²) in [6.07, 6.45) is -3.30. The predicted octanol–water partition coefficient (Wildman–Crippen LogP) is 5.34. The van der Waals surface area contributed by atoms with Crippen molar-refractivity contribution in [3.8, 4) is 5.75 Å². The first-order valence-corrected chi connectivity index (χ1v) is 14.5. The molecule has 11 heteroatoms. The fourth-order valence-corrected chi connectivity index (χ4v) is 6.45. The van der Waals surface area contributed by atoms with E-state index in [0.717, 1.165) is 31.3 Å². The fraction of sp³-hybridized carbons (Fsp3) is 0.406. The summed E-state index contributed by atoms with van der Waals surface area (Å²) >= 11 is 0. The number of nitrogens with zero attached hydrogens (tertiary/aromatic N) is 4. The summed E-state index contributed by atoms with van der Waals surface area (Å²) in [6, 6.07) is 15.4. The molecule has 0 aliphatic carbocycles. The van der Waals surface area contributed by atoms with E-state index < -0.39 is 17.4 Å². The maximum Gasteiger partial charge on any atom is 0.416 e. The molecule has 3 aromatic carbocycles. The van der Waals surface area contributed by atoms with Crippen LogP contribution in [0.4, 0.5) is 23.2 Å². The number of methoxy groups -OCH3 is 1. The highest BCUT2D eigenvalue weighted by Crippen LogP contribution is 2.36. The van der Waals surface area contributed by atoms with E-state index in [0.29, 0.717) is 61.6 Å². The average molecular weight is 599 g/mol. The molecule has 2 saturated heterocycles. The van der Waals surface area contributed by atoms with E-state index in [9.17, 15) is 18.0 Å². The lowest BCUT2D eigenvalue weighted by Gasteiger charge is -2.28. The molecule has 228 valence electrons. The van der Waals surface area contributed by atoms with Crippen molar-refractivity contribution in [2.45, 2.75) is 31.6 Å². The Kier molecular flexibility index (Phi) is 8.19. The molecule has 2 aliphatic heterocycles. The molecule has 4 aromatic rings. The number of rotatable bonds is 8. The number of benzene rings is 3. The molecule has 0 saturated carbocycles. The second-order valence-electron chi connectivity index (χ2n) is 11.1. The number of hydrogen-bond donors (Lipinski definition) is 0. The molecule has 2 fully saturated rings. The number of hydrogen-bond acceptors (Lipinski definition) is 5. The van der Waals surface area contributed by atoms with Gasteiger partial charge in [-0.1, -0.05) is 36.4 Å². The molecule has 3 heterocycles. The topological polar surface area (TPSA) is 51.9 Å². The molecule has 6 rings (SSSR count). The summed E-state index contributed by atoms with van der Waals surface area (Å²) in [5.41, 5.74) is 1.24. The van der Waals surface area contributed by atoms with Crippen molar-refractivity contribution in [3.05, 3.63) is 93.7 Å². The van der Waals surface area contributed by atoms with E-state index in [2.05, 4.69) is 4.90 Å². The van der Waals surface area contributed by atoms with Gasteiger partial charge in [0.15, 0.2) is 0 Å². The minimum absolute atomic E-state index is 0.00799. The molecule has 0 N–H and O–H groups in total. The van der Waals surface area contributed by atoms with Crippen molar-refractivity contribution in [1.82, 2.24) is 14.0 Å². The molecule has 0 amide bonds. The second kappa shape index (κ2) is 12.0. The molecular formula is C32H34F4N4O3. The van der Waals surface area contributed by atoms with Crippen molar-refractivity contribution in [2.24, 2.45) is 0 Å². The van der Waals surface area contributed by atoms with Crippen LogP contribution in [0.1, 0.15) is 29.2 Å². The van der Waals surface area contributed by atoms with E-state index >= 15 is 4.39 Å². The maximum absolute atomic E-state index is 15.4. The SMILES string of the molecule is COc1cccc2c1n(Cc1ccccc1C(F)(F)F)c(=O)n2C1CCN(c2c(F)cccc2CCN2CCOCC2)C1. The van der Waals surface area contributed by atoms with Crippen molar-refractivity contribution < 1.29 is 27.0 Å². The van der Waals surface area contributed by atoms with E-state index in [1.165, 1.54) is 35.9 Å². The Morgan fingerprint density at radius 3 is 2.47 bits per heavy atom. The lowest BCUT2D eigenvalue weighted by Crippen LogP contribution is -2.37. The van der Waals surface area contributed by atoms with Crippen LogP contribution in [0, 0.1) is 5.82 Å². The highest BCUT2D eigenvalue weighted by atomic mass is 19.4. The Balaban J connectivity index is 1.34. The Morgan fingerprint density at radius 2 is 1.70 bits per heavy atom. The van der Waals surface area contributed by atoms with Gasteiger partial charge in [-0.2, -0.15) is 13.2 Å². The number of imidazole rings is 1. The van der Waals surface area contributed by atoms with Gasteiger partial charge in [-0.25, -0.2) is 9.18 Å². The smallest absolute Gasteiger partial charge is 0.416 e. The van der Waals surface area contributed by atoms with Gasteiger partial charge in [-0.05, 0) is 48.2 Å². The van der Waals surface area contributed by atoms with E-state index in [-0.39, 0.29) is 24.0 Å². The number of alkyl halides is 3. The molecular weight excluding hydrogens is 564 g/mol. The Labute approximate surface area is 246 Å². The van der Waals surface area contributed by atoms with Gasteiger partial charge < -0.3 is 14.4 Å². The number of halogens is 4. The molecule has 1 unspecified atom stereocenters. The van der Waals surface area contributed by atoms with Crippen LogP contribution in [-0.2, 0) is 23.9 Å². The van der Waals surface area contributed by atoms with Crippen LogP contribution in [0.15, 0.2) is 65.5 Å². The number of para-hydroxylation sites is 2. The number of aromatic nitrogens is 2. The van der Waals surface area contributed by atoms with Crippen LogP contribution in [0.5, 0.6) is 5.75 Å². The van der Waals surface area contributed by atoms with Crippen molar-refractivity contribution in [2.75, 3.05) is 57.9 Å². The number of morpholine rings is 1. The van der Waals surface area contributed by atoms with Crippen LogP contribution in [0.2, 0.25) is 0 Å². The van der Waals surface area contributed by atoms with Gasteiger partial charge in [0.1, 0.15) is 17.1 Å². The summed E-state index contributed by atoms with van der Waals surface area (Å²) < 4.78 is 70.9. The zero-order valence-corrected chi connectivity index (χ0v) is 23.9. The molecule has 0 radical (unpaired) electrons. The van der Waals surface area contributed by atoms with Crippen LogP contribution >= 0.6 is 0 Å². The molecule has 1 aromatic heterocycles. The van der Waals surface area contributed by atoms with Gasteiger partial charge in [0, 0.05) is 32.7 Å². The Morgan fingerprint density at radius 1 is 0.953 bits per heavy atom. The Hall–Kier alpha value is -3.83. The summed E-state index contributed by atoms with van der Waals surface area (Å²) in [4.78, 5) is 18.3. The summed E-state index contributed by atoms with van der Waals surface area (Å²) in [7, 11) is 1.47. The summed E-state index contributed by atoms with van der Waals surface area (Å²) in [5, 5.41) is 0. The first-order chi connectivity index (χ1) is 20.8. The maximum atomic E-state index is 15.4. The highest BCUT2D eigenvalue weighted by Gasteiger charge is 2.35. The zero-order chi connectivity index (χ0) is 30.1. The van der Waals surface area contributed by atoms with Gasteiger partial charge in [-0.15, -0.1) is 0 Å². The first kappa shape index (κ1) is 29.3. The lowest BCUT2D eigenvalue weighted by atomic mass is 10.1. The van der Waals surface area contributed by atoms with Crippen molar-refractivity contribution in [3.63, 3.8) is 0 Å². The number of fused-ring (bicyclic) bond motifs is 1. The molecule has 43 heavy (non-hydrogen) atoms. The third kappa shape index (κ3) is 5.75. The van der Waals surface area contributed by atoms with Crippen LogP contribution in [-0.4, -0.2) is 67.1 Å². The van der Waals surface area contributed by atoms with E-state index in [1.54, 1.807) is 28.8 Å². The van der Waals surface area contributed by atoms with Crippen LogP contribution in [0.3, 0.4) is 0 Å². The van der Waals surface area contributed by atoms with Gasteiger partial charge in [0.05, 0.1) is 49.7 Å². The molecule has 1 atom stereocenters. The molecule has 7 nitrogen and oxygen atoms in total. The summed E-state index contributed by atoms with van der Waals surface area (Å²) in [6.45, 7) is 4.53. The van der Waals surface area contributed by atoms with Crippen LogP contribution in [0.25, 0.3) is 11.0 Å². The molecule has 0 spiro atoms. The number of ether oxygens (including phenoxy) is 2. The third-order valence-electron chi connectivity index (χ3n) is 8.53. The zero-order valence-electron chi connectivity index (χ0n) is 23.9. The van der Waals surface area contributed by atoms with Gasteiger partial charge in [0.25, 0.3) is 0 Å². The van der Waals surface area contributed by atoms with E-state index in [1.807, 2.05) is 11.0 Å². The normalized spacial score (nSPS) is 18.1. The average Bonchev–Trinajstić information content (AvgIpc) is 3.58. The van der Waals surface area contributed by atoms with Crippen molar-refractivity contribution >= 4 is 16.7 Å². The quantitative estimate of drug-likeness (QED) is 0.256. The standard InChI is InChI=1S/C32H34F4N4O3/c1-42-28-11-5-10-27-30(28)39(20-23-6-2-3-8-25(23)32(34,35)36)31(41)40(27)24-13-15-38(21-24)29-22(7-4-9-26(29)33)12-14-37-16-18-43-19-17-37/h2-11,24H,12-21H2,1H3. The lowest BCUT2D eigenvalue weighted by molar-refractivity contribution is -0.138. The first-order valence-electron chi connectivity index (χ1n) is 14.5. The molecule has 2 aliphatic rings. The highest BCUT2D eigenvalue weighted by molar-refractivity contribution is 5.83. The molecule has 0 bridgehead atoms. The predicted molar refractivity (Wildman–Crippen MR) is 157 cm³/mol. The largest absolute Gasteiger partial charge is 0.494 e. The minimum atomic E-state index is -4.56. The fourth-order valence-electron chi connectivity index (χ4n) is 6.45.